The summed E-state index contributed by atoms with van der Waals surface area (Å²) in [6, 6.07) is 3.36. The van der Waals surface area contributed by atoms with E-state index in [1.54, 1.807) is 29.9 Å². The molecule has 10 nitrogen and oxygen atoms in total. The molecule has 1 atom stereocenters. The first kappa shape index (κ1) is 27.7. The molecular weight excluding hydrogens is 531 g/mol. The number of hydrogen-bond acceptors (Lipinski definition) is 8. The maximum absolute atomic E-state index is 13.9. The summed E-state index contributed by atoms with van der Waals surface area (Å²) in [4.78, 5) is 36.7. The normalized spacial score (nSPS) is 15.4. The number of carbonyl (C=O) groups is 1. The smallest absolute Gasteiger partial charge is 0.260 e. The number of methoxy groups -OCH3 is 2. The number of anilines is 1. The van der Waals surface area contributed by atoms with Gasteiger partial charge in [-0.1, -0.05) is 29.8 Å². The molecule has 1 aromatic carbocycles. The molecule has 0 bridgehead atoms. The fourth-order valence-corrected chi connectivity index (χ4v) is 5.36. The number of rotatable bonds is 10. The van der Waals surface area contributed by atoms with E-state index in [2.05, 4.69) is 32.1 Å². The summed E-state index contributed by atoms with van der Waals surface area (Å²) < 4.78 is 12.4. The van der Waals surface area contributed by atoms with Crippen LogP contribution in [0.15, 0.2) is 35.8 Å². The lowest BCUT2D eigenvalue weighted by atomic mass is 10.0. The zero-order valence-electron chi connectivity index (χ0n) is 21.5. The van der Waals surface area contributed by atoms with Gasteiger partial charge < -0.3 is 25.0 Å². The number of halogens is 2. The van der Waals surface area contributed by atoms with Crippen LogP contribution in [0.3, 0.4) is 0 Å². The molecule has 1 unspecified atom stereocenters. The van der Waals surface area contributed by atoms with Crippen molar-refractivity contribution in [3.8, 4) is 22.6 Å². The molecule has 2 aromatic heterocycles. The number of nitrogens with one attached hydrogen (secondary N) is 2. The minimum Gasteiger partial charge on any atom is -0.495 e. The van der Waals surface area contributed by atoms with Crippen molar-refractivity contribution in [1.82, 2.24) is 24.8 Å². The first-order valence-corrected chi connectivity index (χ1v) is 12.9. The SMILES string of the molecule is C=CC(=O)NC1CCN(CCCn2c(=O)c(-c3c(Cl)c(OC)cc(OC)c3Cl)cc3cnc(NC)nc32)C1. The van der Waals surface area contributed by atoms with Crippen LogP contribution < -0.4 is 25.7 Å². The van der Waals surface area contributed by atoms with Gasteiger partial charge in [-0.2, -0.15) is 4.98 Å². The Morgan fingerprint density at radius 2 is 1.92 bits per heavy atom. The zero-order chi connectivity index (χ0) is 27.4. The van der Waals surface area contributed by atoms with Crippen LogP contribution in [0.5, 0.6) is 11.5 Å². The van der Waals surface area contributed by atoms with Gasteiger partial charge in [-0.3, -0.25) is 14.2 Å². The van der Waals surface area contributed by atoms with Crippen LogP contribution in [0.4, 0.5) is 5.95 Å². The van der Waals surface area contributed by atoms with Gasteiger partial charge in [0.25, 0.3) is 5.56 Å². The molecule has 202 valence electrons. The zero-order valence-corrected chi connectivity index (χ0v) is 23.0. The molecule has 1 fully saturated rings. The third kappa shape index (κ3) is 5.57. The Morgan fingerprint density at radius 3 is 2.55 bits per heavy atom. The average molecular weight is 561 g/mol. The van der Waals surface area contributed by atoms with Crippen molar-refractivity contribution in [3.63, 3.8) is 0 Å². The second-order valence-corrected chi connectivity index (χ2v) is 9.63. The minimum atomic E-state index is -0.296. The van der Waals surface area contributed by atoms with E-state index < -0.39 is 0 Å². The lowest BCUT2D eigenvalue weighted by molar-refractivity contribution is -0.117. The van der Waals surface area contributed by atoms with Gasteiger partial charge in [0.15, 0.2) is 0 Å². The Balaban J connectivity index is 1.71. The molecule has 1 amide bonds. The van der Waals surface area contributed by atoms with Crippen molar-refractivity contribution in [3.05, 3.63) is 51.4 Å². The Kier molecular flexibility index (Phi) is 8.76. The van der Waals surface area contributed by atoms with Crippen molar-refractivity contribution in [2.45, 2.75) is 25.4 Å². The monoisotopic (exact) mass is 560 g/mol. The highest BCUT2D eigenvalue weighted by molar-refractivity contribution is 6.41. The Morgan fingerprint density at radius 1 is 1.21 bits per heavy atom. The third-order valence-electron chi connectivity index (χ3n) is 6.55. The van der Waals surface area contributed by atoms with Crippen molar-refractivity contribution in [2.75, 3.05) is 46.2 Å². The van der Waals surface area contributed by atoms with Gasteiger partial charge in [-0.15, -0.1) is 0 Å². The first-order chi connectivity index (χ1) is 18.3. The number of likely N-dealkylation sites (tertiary alicyclic amines) is 1. The fraction of sp³-hybridized carbons (Fsp3) is 0.385. The summed E-state index contributed by atoms with van der Waals surface area (Å²) >= 11 is 13.3. The highest BCUT2D eigenvalue weighted by Crippen LogP contribution is 2.45. The summed E-state index contributed by atoms with van der Waals surface area (Å²) in [6.07, 6.45) is 4.48. The molecule has 1 saturated heterocycles. The predicted molar refractivity (Wildman–Crippen MR) is 150 cm³/mol. The van der Waals surface area contributed by atoms with E-state index in [-0.39, 0.29) is 27.6 Å². The van der Waals surface area contributed by atoms with Crippen molar-refractivity contribution in [2.24, 2.45) is 0 Å². The van der Waals surface area contributed by atoms with E-state index in [4.69, 9.17) is 32.7 Å². The number of aryl methyl sites for hydroxylation is 1. The van der Waals surface area contributed by atoms with Gasteiger partial charge in [-0.25, -0.2) is 4.98 Å². The van der Waals surface area contributed by atoms with E-state index in [1.807, 2.05) is 0 Å². The van der Waals surface area contributed by atoms with Crippen LogP contribution in [-0.2, 0) is 11.3 Å². The first-order valence-electron chi connectivity index (χ1n) is 12.1. The fourth-order valence-electron chi connectivity index (χ4n) is 4.65. The van der Waals surface area contributed by atoms with Crippen molar-refractivity contribution in [1.29, 1.82) is 0 Å². The molecule has 38 heavy (non-hydrogen) atoms. The molecule has 3 heterocycles. The Bertz CT molecular complexity index is 1400. The molecule has 4 rings (SSSR count). The lowest BCUT2D eigenvalue weighted by Crippen LogP contribution is -2.36. The van der Waals surface area contributed by atoms with Gasteiger partial charge in [0, 0.05) is 55.9 Å². The molecule has 0 radical (unpaired) electrons. The van der Waals surface area contributed by atoms with Gasteiger partial charge >= 0.3 is 0 Å². The van der Waals surface area contributed by atoms with E-state index in [9.17, 15) is 9.59 Å². The Labute approximate surface area is 230 Å². The largest absolute Gasteiger partial charge is 0.495 e. The van der Waals surface area contributed by atoms with Crippen LogP contribution >= 0.6 is 23.2 Å². The van der Waals surface area contributed by atoms with Crippen LogP contribution in [-0.4, -0.2) is 72.3 Å². The number of ether oxygens (including phenoxy) is 2. The van der Waals surface area contributed by atoms with Crippen LogP contribution in [0.25, 0.3) is 22.2 Å². The maximum Gasteiger partial charge on any atom is 0.260 e. The second kappa shape index (κ2) is 12.0. The molecule has 0 spiro atoms. The molecule has 1 aliphatic heterocycles. The molecule has 0 aliphatic carbocycles. The highest BCUT2D eigenvalue weighted by atomic mass is 35.5. The lowest BCUT2D eigenvalue weighted by Gasteiger charge is -2.19. The summed E-state index contributed by atoms with van der Waals surface area (Å²) in [5.74, 6) is 0.904. The number of benzene rings is 1. The summed E-state index contributed by atoms with van der Waals surface area (Å²) in [6.45, 7) is 6.26. The van der Waals surface area contributed by atoms with Crippen molar-refractivity contribution < 1.29 is 14.3 Å². The van der Waals surface area contributed by atoms with Crippen molar-refractivity contribution >= 4 is 46.1 Å². The van der Waals surface area contributed by atoms with Gasteiger partial charge in [0.2, 0.25) is 11.9 Å². The quantitative estimate of drug-likeness (QED) is 0.362. The molecule has 0 saturated carbocycles. The predicted octanol–water partition coefficient (Wildman–Crippen LogP) is 3.59. The van der Waals surface area contributed by atoms with E-state index >= 15 is 0 Å². The summed E-state index contributed by atoms with van der Waals surface area (Å²) in [5, 5.41) is 6.94. The van der Waals surface area contributed by atoms with E-state index in [0.717, 1.165) is 26.1 Å². The maximum atomic E-state index is 13.9. The van der Waals surface area contributed by atoms with Crippen LogP contribution in [0.2, 0.25) is 10.0 Å². The summed E-state index contributed by atoms with van der Waals surface area (Å²) in [5.41, 5.74) is 0.815. The van der Waals surface area contributed by atoms with E-state index in [0.29, 0.717) is 52.6 Å². The number of pyridine rings is 1. The number of hydrogen-bond donors (Lipinski definition) is 2. The van der Waals surface area contributed by atoms with Gasteiger partial charge in [0.1, 0.15) is 17.1 Å². The molecule has 3 aromatic rings. The third-order valence-corrected chi connectivity index (χ3v) is 7.30. The average Bonchev–Trinajstić information content (AvgIpc) is 3.37. The number of nitrogens with zero attached hydrogens (tertiary/aromatic N) is 4. The topological polar surface area (TPSA) is 111 Å². The number of aromatic nitrogens is 3. The number of carbonyl (C=O) groups excluding carboxylic acids is 1. The molecule has 12 heteroatoms. The molecule has 1 aliphatic rings. The van der Waals surface area contributed by atoms with Gasteiger partial charge in [0.05, 0.1) is 29.8 Å². The number of fused-ring (bicyclic) bond motifs is 1. The minimum absolute atomic E-state index is 0.0885. The van der Waals surface area contributed by atoms with E-state index in [1.165, 1.54) is 20.3 Å². The van der Waals surface area contributed by atoms with Crippen LogP contribution in [0, 0.1) is 0 Å². The molecular formula is C26H30Cl2N6O4. The highest BCUT2D eigenvalue weighted by Gasteiger charge is 2.25. The second-order valence-electron chi connectivity index (χ2n) is 8.87. The standard InChI is InChI=1S/C26H30Cl2N6O4/c1-5-20(35)31-16-7-10-33(14-16)8-6-9-34-24-15(13-30-26(29-2)32-24)11-17(25(34)36)21-22(27)18(37-3)12-19(38-4)23(21)28/h5,11-13,16H,1,6-10,14H2,2-4H3,(H,31,35)(H,29,30,32). The number of amides is 1. The van der Waals surface area contributed by atoms with Crippen LogP contribution in [0.1, 0.15) is 12.8 Å². The Hall–Kier alpha value is -3.34. The molecule has 2 N–H and O–H groups in total. The summed E-state index contributed by atoms with van der Waals surface area (Å²) in [7, 11) is 4.68. The van der Waals surface area contributed by atoms with Gasteiger partial charge in [-0.05, 0) is 31.5 Å².